The molecule has 0 unspecified atom stereocenters. The highest BCUT2D eigenvalue weighted by molar-refractivity contribution is 7.99. The summed E-state index contributed by atoms with van der Waals surface area (Å²) >= 11 is 1.86. The lowest BCUT2D eigenvalue weighted by Crippen LogP contribution is -1.83. The van der Waals surface area contributed by atoms with Gasteiger partial charge in [-0.05, 0) is 50.5 Å². The molecule has 0 fully saturated rings. The normalized spacial score (nSPS) is 11.4. The van der Waals surface area contributed by atoms with Crippen LogP contribution in [0.15, 0.2) is 107 Å². The molecule has 0 saturated heterocycles. The molecule has 0 radical (unpaired) electrons. The topological polar surface area (TPSA) is 0 Å². The fourth-order valence-corrected chi connectivity index (χ4v) is 4.58. The minimum Gasteiger partial charge on any atom is -0.0888 e. The summed E-state index contributed by atoms with van der Waals surface area (Å²) < 4.78 is 0. The van der Waals surface area contributed by atoms with Crippen LogP contribution in [0, 0.1) is 0 Å². The maximum Gasteiger partial charge on any atom is 0.0279 e. The smallest absolute Gasteiger partial charge is 0.0279 e. The third kappa shape index (κ3) is 2.57. The van der Waals surface area contributed by atoms with E-state index in [1.165, 1.54) is 42.1 Å². The fourth-order valence-electron chi connectivity index (χ4n) is 3.43. The van der Waals surface area contributed by atoms with Gasteiger partial charge < -0.3 is 0 Å². The van der Waals surface area contributed by atoms with Gasteiger partial charge in [-0.1, -0.05) is 90.6 Å². The summed E-state index contributed by atoms with van der Waals surface area (Å²) in [6.07, 6.45) is 0. The van der Waals surface area contributed by atoms with Crippen molar-refractivity contribution < 1.29 is 0 Å². The van der Waals surface area contributed by atoms with Crippen molar-refractivity contribution in [3.63, 3.8) is 0 Å². The summed E-state index contributed by atoms with van der Waals surface area (Å²) in [5.74, 6) is 0. The van der Waals surface area contributed by atoms with E-state index in [0.717, 1.165) is 0 Å². The van der Waals surface area contributed by atoms with Crippen molar-refractivity contribution >= 4 is 44.1 Å². The zero-order valence-electron chi connectivity index (χ0n) is 13.6. The zero-order valence-corrected chi connectivity index (χ0v) is 14.5. The number of rotatable bonds is 2. The minimum absolute atomic E-state index is 1.28. The highest BCUT2D eigenvalue weighted by atomic mass is 32.2. The second-order valence-electron chi connectivity index (χ2n) is 6.26. The Labute approximate surface area is 151 Å². The lowest BCUT2D eigenvalue weighted by Gasteiger charge is -2.11. The van der Waals surface area contributed by atoms with E-state index in [4.69, 9.17) is 0 Å². The summed E-state index contributed by atoms with van der Waals surface area (Å²) in [5.41, 5.74) is 0. The molecule has 0 aliphatic carbocycles. The van der Waals surface area contributed by atoms with Crippen molar-refractivity contribution in [2.45, 2.75) is 9.79 Å². The summed E-state index contributed by atoms with van der Waals surface area (Å²) in [4.78, 5) is 2.61. The molecule has 0 N–H and O–H groups in total. The van der Waals surface area contributed by atoms with E-state index >= 15 is 0 Å². The number of hydrogen-bond donors (Lipinski definition) is 0. The average Bonchev–Trinajstić information content (AvgIpc) is 2.68. The number of fused-ring (bicyclic) bond motifs is 3. The fraction of sp³-hybridized carbons (Fsp3) is 0. The first-order valence-electron chi connectivity index (χ1n) is 8.46. The lowest BCUT2D eigenvalue weighted by atomic mass is 10.0. The zero-order chi connectivity index (χ0) is 16.6. The van der Waals surface area contributed by atoms with Gasteiger partial charge in [0.2, 0.25) is 0 Å². The molecule has 0 atom stereocenters. The SMILES string of the molecule is c1ccc2cc(Sc3c4ccccc4cc4ccccc34)ccc2c1. The maximum absolute atomic E-state index is 2.29. The molecule has 0 heterocycles. The Bertz CT molecular complexity index is 1170. The van der Waals surface area contributed by atoms with Crippen LogP contribution in [0.5, 0.6) is 0 Å². The highest BCUT2D eigenvalue weighted by Crippen LogP contribution is 2.40. The molecule has 118 valence electrons. The van der Waals surface area contributed by atoms with Crippen molar-refractivity contribution in [2.75, 3.05) is 0 Å². The molecule has 25 heavy (non-hydrogen) atoms. The highest BCUT2D eigenvalue weighted by Gasteiger charge is 2.09. The van der Waals surface area contributed by atoms with E-state index in [-0.39, 0.29) is 0 Å². The van der Waals surface area contributed by atoms with Crippen LogP contribution in [-0.2, 0) is 0 Å². The van der Waals surface area contributed by atoms with Gasteiger partial charge in [-0.25, -0.2) is 0 Å². The largest absolute Gasteiger partial charge is 0.0888 e. The second-order valence-corrected chi connectivity index (χ2v) is 7.34. The molecule has 0 aliphatic heterocycles. The van der Waals surface area contributed by atoms with Crippen molar-refractivity contribution in [1.82, 2.24) is 0 Å². The molecule has 5 aromatic carbocycles. The van der Waals surface area contributed by atoms with Crippen molar-refractivity contribution in [3.8, 4) is 0 Å². The van der Waals surface area contributed by atoms with E-state index in [1.807, 2.05) is 11.8 Å². The number of hydrogen-bond acceptors (Lipinski definition) is 1. The first-order chi connectivity index (χ1) is 12.4. The summed E-state index contributed by atoms with van der Waals surface area (Å²) in [6.45, 7) is 0. The molecule has 0 spiro atoms. The van der Waals surface area contributed by atoms with Crippen LogP contribution in [-0.4, -0.2) is 0 Å². The van der Waals surface area contributed by atoms with Gasteiger partial charge in [0.1, 0.15) is 0 Å². The lowest BCUT2D eigenvalue weighted by molar-refractivity contribution is 1.49. The molecule has 5 aromatic rings. The third-order valence-electron chi connectivity index (χ3n) is 4.66. The Morgan fingerprint density at radius 3 is 1.68 bits per heavy atom. The molecule has 0 amide bonds. The van der Waals surface area contributed by atoms with E-state index in [9.17, 15) is 0 Å². The van der Waals surface area contributed by atoms with Crippen LogP contribution in [0.1, 0.15) is 0 Å². The quantitative estimate of drug-likeness (QED) is 0.305. The molecular formula is C24H16S. The van der Waals surface area contributed by atoms with Gasteiger partial charge in [-0.2, -0.15) is 0 Å². The van der Waals surface area contributed by atoms with E-state index in [1.54, 1.807) is 0 Å². The second kappa shape index (κ2) is 5.94. The van der Waals surface area contributed by atoms with Gasteiger partial charge in [0.05, 0.1) is 0 Å². The Balaban J connectivity index is 1.74. The van der Waals surface area contributed by atoms with Crippen LogP contribution in [0.4, 0.5) is 0 Å². The molecule has 5 rings (SSSR count). The van der Waals surface area contributed by atoms with Crippen LogP contribution in [0.25, 0.3) is 32.3 Å². The van der Waals surface area contributed by atoms with E-state index in [0.29, 0.717) is 0 Å². The monoisotopic (exact) mass is 336 g/mol. The van der Waals surface area contributed by atoms with Crippen LogP contribution >= 0.6 is 11.8 Å². The average molecular weight is 336 g/mol. The third-order valence-corrected chi connectivity index (χ3v) is 5.80. The first kappa shape index (κ1) is 14.6. The van der Waals surface area contributed by atoms with Gasteiger partial charge in [-0.15, -0.1) is 0 Å². The minimum atomic E-state index is 1.28. The van der Waals surface area contributed by atoms with Crippen LogP contribution in [0.2, 0.25) is 0 Å². The molecule has 0 nitrogen and oxygen atoms in total. The van der Waals surface area contributed by atoms with Crippen molar-refractivity contribution in [3.05, 3.63) is 97.1 Å². The Morgan fingerprint density at radius 2 is 1.00 bits per heavy atom. The van der Waals surface area contributed by atoms with Gasteiger partial charge >= 0.3 is 0 Å². The molecule has 0 aliphatic rings. The van der Waals surface area contributed by atoms with Crippen LogP contribution in [0.3, 0.4) is 0 Å². The predicted octanol–water partition coefficient (Wildman–Crippen LogP) is 7.30. The predicted molar refractivity (Wildman–Crippen MR) is 110 cm³/mol. The molecule has 0 aromatic heterocycles. The van der Waals surface area contributed by atoms with Crippen molar-refractivity contribution in [1.29, 1.82) is 0 Å². The number of benzene rings is 5. The molecule has 0 bridgehead atoms. The molecule has 1 heteroatoms. The summed E-state index contributed by atoms with van der Waals surface area (Å²) in [5, 5.41) is 7.80. The Morgan fingerprint density at radius 1 is 0.440 bits per heavy atom. The Kier molecular flexibility index (Phi) is 3.46. The summed E-state index contributed by atoms with van der Waals surface area (Å²) in [7, 11) is 0. The van der Waals surface area contributed by atoms with E-state index < -0.39 is 0 Å². The Hall–Kier alpha value is -2.77. The molecule has 0 saturated carbocycles. The van der Waals surface area contributed by atoms with Crippen molar-refractivity contribution in [2.24, 2.45) is 0 Å². The van der Waals surface area contributed by atoms with Gasteiger partial charge in [-0.3, -0.25) is 0 Å². The molecular weight excluding hydrogens is 320 g/mol. The standard InChI is InChI=1S/C24H16S/c1-2-8-18-16-21(14-13-17(18)7-1)25-24-22-11-5-3-9-19(22)15-20-10-4-6-12-23(20)24/h1-16H. The summed E-state index contributed by atoms with van der Waals surface area (Å²) in [6, 6.07) is 34.9. The maximum atomic E-state index is 2.29. The van der Waals surface area contributed by atoms with Crippen LogP contribution < -0.4 is 0 Å². The van der Waals surface area contributed by atoms with Gasteiger partial charge in [0.25, 0.3) is 0 Å². The van der Waals surface area contributed by atoms with Gasteiger partial charge in [0.15, 0.2) is 0 Å². The van der Waals surface area contributed by atoms with Gasteiger partial charge in [0, 0.05) is 9.79 Å². The van der Waals surface area contributed by atoms with E-state index in [2.05, 4.69) is 97.1 Å². The first-order valence-corrected chi connectivity index (χ1v) is 9.27.